The molecule has 0 bridgehead atoms. The van der Waals surface area contributed by atoms with Crippen molar-refractivity contribution >= 4 is 22.4 Å². The van der Waals surface area contributed by atoms with E-state index in [2.05, 4.69) is 4.85 Å². The summed E-state index contributed by atoms with van der Waals surface area (Å²) in [6.07, 6.45) is 0. The molecule has 3 aromatic rings. The highest BCUT2D eigenvalue weighted by molar-refractivity contribution is 6.06. The molecule has 0 amide bonds. The van der Waals surface area contributed by atoms with Crippen LogP contribution in [0.5, 0.6) is 0 Å². The van der Waals surface area contributed by atoms with Gasteiger partial charge >= 0.3 is 5.97 Å². The number of fused-ring (bicyclic) bond motifs is 1. The SMILES string of the molecule is [C-]#[N+]c1ccc2ccc(C(=O)OC)cc2c1-c1c(C)cccc1F. The van der Waals surface area contributed by atoms with Crippen LogP contribution in [0.25, 0.3) is 26.7 Å². The third kappa shape index (κ3) is 2.50. The number of carbonyl (C=O) groups is 1. The van der Waals surface area contributed by atoms with Crippen LogP contribution in [0.3, 0.4) is 0 Å². The van der Waals surface area contributed by atoms with E-state index in [0.29, 0.717) is 27.8 Å². The lowest BCUT2D eigenvalue weighted by molar-refractivity contribution is 0.0601. The maximum absolute atomic E-state index is 14.5. The van der Waals surface area contributed by atoms with Crippen molar-refractivity contribution in [1.29, 1.82) is 0 Å². The van der Waals surface area contributed by atoms with E-state index in [4.69, 9.17) is 11.3 Å². The summed E-state index contributed by atoms with van der Waals surface area (Å²) < 4.78 is 19.3. The lowest BCUT2D eigenvalue weighted by Gasteiger charge is -2.14. The van der Waals surface area contributed by atoms with E-state index >= 15 is 0 Å². The van der Waals surface area contributed by atoms with Gasteiger partial charge in [0.1, 0.15) is 5.82 Å². The van der Waals surface area contributed by atoms with Crippen molar-refractivity contribution in [1.82, 2.24) is 0 Å². The van der Waals surface area contributed by atoms with Crippen LogP contribution in [0, 0.1) is 19.3 Å². The highest BCUT2D eigenvalue weighted by Crippen LogP contribution is 2.40. The molecule has 4 heteroatoms. The minimum Gasteiger partial charge on any atom is -0.465 e. The molecular formula is C20H14FNO2. The Morgan fingerprint density at radius 1 is 1.12 bits per heavy atom. The van der Waals surface area contributed by atoms with Crippen molar-refractivity contribution < 1.29 is 13.9 Å². The minimum atomic E-state index is -0.471. The monoisotopic (exact) mass is 319 g/mol. The molecule has 0 fully saturated rings. The van der Waals surface area contributed by atoms with Crippen molar-refractivity contribution in [2.24, 2.45) is 0 Å². The van der Waals surface area contributed by atoms with E-state index in [-0.39, 0.29) is 0 Å². The Labute approximate surface area is 139 Å². The Kier molecular flexibility index (Phi) is 4.01. The third-order valence-electron chi connectivity index (χ3n) is 4.01. The summed E-state index contributed by atoms with van der Waals surface area (Å²) in [7, 11) is 1.31. The summed E-state index contributed by atoms with van der Waals surface area (Å²) in [5.74, 6) is -0.864. The van der Waals surface area contributed by atoms with Crippen LogP contribution in [0.15, 0.2) is 48.5 Å². The normalized spacial score (nSPS) is 10.4. The highest BCUT2D eigenvalue weighted by Gasteiger charge is 2.17. The van der Waals surface area contributed by atoms with E-state index in [0.717, 1.165) is 10.9 Å². The second kappa shape index (κ2) is 6.13. The summed E-state index contributed by atoms with van der Waals surface area (Å²) in [6.45, 7) is 9.24. The van der Waals surface area contributed by atoms with E-state index in [9.17, 15) is 9.18 Å². The average Bonchev–Trinajstić information content (AvgIpc) is 2.60. The lowest BCUT2D eigenvalue weighted by atomic mass is 9.92. The smallest absolute Gasteiger partial charge is 0.337 e. The van der Waals surface area contributed by atoms with E-state index in [1.54, 1.807) is 49.4 Å². The van der Waals surface area contributed by atoms with Crippen molar-refractivity contribution in [2.45, 2.75) is 6.92 Å². The lowest BCUT2D eigenvalue weighted by Crippen LogP contribution is -2.01. The van der Waals surface area contributed by atoms with Crippen LogP contribution < -0.4 is 0 Å². The van der Waals surface area contributed by atoms with Gasteiger partial charge in [0.25, 0.3) is 0 Å². The van der Waals surface area contributed by atoms with Crippen molar-refractivity contribution in [3.05, 3.63) is 76.9 Å². The molecule has 0 aliphatic carbocycles. The first-order valence-corrected chi connectivity index (χ1v) is 7.35. The third-order valence-corrected chi connectivity index (χ3v) is 4.01. The number of hydrogen-bond donors (Lipinski definition) is 0. The van der Waals surface area contributed by atoms with Gasteiger partial charge in [-0.05, 0) is 47.0 Å². The molecule has 0 heterocycles. The number of halogens is 1. The molecule has 0 N–H and O–H groups in total. The van der Waals surface area contributed by atoms with Gasteiger partial charge in [-0.1, -0.05) is 30.3 Å². The fraction of sp³-hybridized carbons (Fsp3) is 0.100. The summed E-state index contributed by atoms with van der Waals surface area (Å²) in [4.78, 5) is 15.4. The van der Waals surface area contributed by atoms with Crippen LogP contribution in [-0.2, 0) is 4.74 Å². The predicted octanol–water partition coefficient (Wildman–Crippen LogP) is 5.29. The number of aryl methyl sites for hydroxylation is 1. The molecule has 0 radical (unpaired) electrons. The number of hydrogen-bond acceptors (Lipinski definition) is 2. The van der Waals surface area contributed by atoms with E-state index in [1.165, 1.54) is 13.2 Å². The molecule has 24 heavy (non-hydrogen) atoms. The topological polar surface area (TPSA) is 30.7 Å². The summed E-state index contributed by atoms with van der Waals surface area (Å²) >= 11 is 0. The Bertz CT molecular complexity index is 982. The summed E-state index contributed by atoms with van der Waals surface area (Å²) in [5, 5.41) is 1.48. The molecule has 0 unspecified atom stereocenters. The predicted molar refractivity (Wildman–Crippen MR) is 91.7 cm³/mol. The Balaban J connectivity index is 2.44. The number of methoxy groups -OCH3 is 1. The van der Waals surface area contributed by atoms with Gasteiger partial charge in [0, 0.05) is 5.56 Å². The molecule has 0 atom stereocenters. The standard InChI is InChI=1S/C20H14FNO2/c1-12-5-4-6-16(21)18(12)19-15-11-14(20(23)24-3)8-7-13(15)9-10-17(19)22-2/h4-11H,1,3H3. The largest absolute Gasteiger partial charge is 0.465 e. The first-order chi connectivity index (χ1) is 11.6. The maximum Gasteiger partial charge on any atom is 0.337 e. The van der Waals surface area contributed by atoms with Gasteiger partial charge in [-0.25, -0.2) is 14.0 Å². The van der Waals surface area contributed by atoms with Crippen LogP contribution in [0.2, 0.25) is 0 Å². The van der Waals surface area contributed by atoms with Gasteiger partial charge in [-0.15, -0.1) is 0 Å². The molecule has 0 aliphatic rings. The van der Waals surface area contributed by atoms with Gasteiger partial charge < -0.3 is 4.74 Å². The van der Waals surface area contributed by atoms with Crippen molar-refractivity contribution in [3.8, 4) is 11.1 Å². The average molecular weight is 319 g/mol. The van der Waals surface area contributed by atoms with Gasteiger partial charge in [0.2, 0.25) is 0 Å². The first-order valence-electron chi connectivity index (χ1n) is 7.35. The molecule has 3 nitrogen and oxygen atoms in total. The maximum atomic E-state index is 14.5. The van der Waals surface area contributed by atoms with Crippen molar-refractivity contribution in [3.63, 3.8) is 0 Å². The second-order valence-electron chi connectivity index (χ2n) is 5.43. The van der Waals surface area contributed by atoms with Gasteiger partial charge in [0.15, 0.2) is 5.69 Å². The zero-order chi connectivity index (χ0) is 17.3. The molecule has 0 aliphatic heterocycles. The Hall–Kier alpha value is -3.19. The molecule has 0 spiro atoms. The number of rotatable bonds is 2. The molecule has 3 aromatic carbocycles. The van der Waals surface area contributed by atoms with E-state index in [1.807, 2.05) is 0 Å². The van der Waals surface area contributed by atoms with Gasteiger partial charge in [-0.2, -0.15) is 0 Å². The van der Waals surface area contributed by atoms with E-state index < -0.39 is 11.8 Å². The number of esters is 1. The number of nitrogens with zero attached hydrogens (tertiary/aromatic N) is 1. The highest BCUT2D eigenvalue weighted by atomic mass is 19.1. The second-order valence-corrected chi connectivity index (χ2v) is 5.43. The molecule has 3 rings (SSSR count). The van der Waals surface area contributed by atoms with Crippen LogP contribution >= 0.6 is 0 Å². The minimum absolute atomic E-state index is 0.345. The van der Waals surface area contributed by atoms with Gasteiger partial charge in [-0.3, -0.25) is 0 Å². The number of ether oxygens (including phenoxy) is 1. The number of carbonyl (C=O) groups excluding carboxylic acids is 1. The molecule has 0 saturated carbocycles. The number of benzene rings is 3. The van der Waals surface area contributed by atoms with Crippen molar-refractivity contribution in [2.75, 3.05) is 7.11 Å². The quantitative estimate of drug-likeness (QED) is 0.474. The summed E-state index contributed by atoms with van der Waals surface area (Å²) in [6, 6.07) is 13.4. The summed E-state index contributed by atoms with van der Waals surface area (Å²) in [5.41, 5.74) is 2.33. The van der Waals surface area contributed by atoms with Gasteiger partial charge in [0.05, 0.1) is 19.2 Å². The zero-order valence-electron chi connectivity index (χ0n) is 13.3. The first kappa shape index (κ1) is 15.7. The molecule has 0 saturated heterocycles. The van der Waals surface area contributed by atoms with Crippen LogP contribution in [0.1, 0.15) is 15.9 Å². The molecular weight excluding hydrogens is 305 g/mol. The zero-order valence-corrected chi connectivity index (χ0v) is 13.3. The Morgan fingerprint density at radius 3 is 2.54 bits per heavy atom. The molecule has 118 valence electrons. The van der Waals surface area contributed by atoms with Crippen LogP contribution in [0.4, 0.5) is 10.1 Å². The fourth-order valence-corrected chi connectivity index (χ4v) is 2.86. The molecule has 0 aromatic heterocycles. The fourth-order valence-electron chi connectivity index (χ4n) is 2.86. The Morgan fingerprint density at radius 2 is 1.88 bits per heavy atom. The van der Waals surface area contributed by atoms with Crippen LogP contribution in [-0.4, -0.2) is 13.1 Å².